The third kappa shape index (κ3) is 2.93. The minimum absolute atomic E-state index is 0.0110. The lowest BCUT2D eigenvalue weighted by Crippen LogP contribution is -2.16. The summed E-state index contributed by atoms with van der Waals surface area (Å²) in [5.74, 6) is 0.636. The van der Waals surface area contributed by atoms with Crippen LogP contribution in [-0.4, -0.2) is 31.7 Å². The monoisotopic (exact) mass is 326 g/mol. The van der Waals surface area contributed by atoms with E-state index in [0.717, 1.165) is 6.54 Å². The van der Waals surface area contributed by atoms with E-state index in [9.17, 15) is 10.1 Å². The smallest absolute Gasteiger partial charge is 0.270 e. The predicted octanol–water partition coefficient (Wildman–Crippen LogP) is 1.44. The number of aromatic nitrogens is 4. The van der Waals surface area contributed by atoms with Crippen LogP contribution in [0.5, 0.6) is 0 Å². The molecule has 1 heterocycles. The van der Waals surface area contributed by atoms with Crippen molar-refractivity contribution in [2.75, 3.05) is 6.54 Å². The fraction of sp³-hybridized carbons (Fsp3) is 0.300. The first-order chi connectivity index (χ1) is 9.13. The van der Waals surface area contributed by atoms with Crippen molar-refractivity contribution >= 4 is 21.6 Å². The molecule has 2 rings (SSSR count). The summed E-state index contributed by atoms with van der Waals surface area (Å²) in [6, 6.07) is 4.45. The molecule has 2 aromatic rings. The highest BCUT2D eigenvalue weighted by Crippen LogP contribution is 2.25. The van der Waals surface area contributed by atoms with Gasteiger partial charge in [0.2, 0.25) is 0 Å². The number of nitro groups is 1. The topological polar surface area (TPSA) is 98.8 Å². The van der Waals surface area contributed by atoms with Crippen LogP contribution in [0.3, 0.4) is 0 Å². The van der Waals surface area contributed by atoms with Gasteiger partial charge in [-0.2, -0.15) is 4.68 Å². The van der Waals surface area contributed by atoms with Gasteiger partial charge in [0.15, 0.2) is 5.82 Å². The molecular formula is C10H11BrN6O2. The zero-order valence-corrected chi connectivity index (χ0v) is 11.7. The molecule has 9 heteroatoms. The van der Waals surface area contributed by atoms with Crippen LogP contribution in [0.25, 0.3) is 5.69 Å². The lowest BCUT2D eigenvalue weighted by Gasteiger charge is -2.06. The fourth-order valence-corrected chi connectivity index (χ4v) is 2.06. The number of nitrogens with one attached hydrogen (secondary N) is 1. The normalized spacial score (nSPS) is 10.6. The molecule has 1 aromatic carbocycles. The minimum atomic E-state index is -0.451. The van der Waals surface area contributed by atoms with Crippen LogP contribution in [-0.2, 0) is 6.54 Å². The van der Waals surface area contributed by atoms with Crippen LogP contribution in [0, 0.1) is 10.1 Å². The standard InChI is InChI=1S/C10H11BrN6O2/c1-2-12-6-10-13-14-15-16(10)9-4-3-7(17(18)19)5-8(9)11/h3-5,12H,2,6H2,1H3. The molecule has 0 aliphatic heterocycles. The van der Waals surface area contributed by atoms with Gasteiger partial charge in [-0.3, -0.25) is 10.1 Å². The summed E-state index contributed by atoms with van der Waals surface area (Å²) in [6.07, 6.45) is 0. The molecule has 0 aliphatic rings. The van der Waals surface area contributed by atoms with E-state index in [1.165, 1.54) is 16.8 Å². The molecule has 0 saturated carbocycles. The Bertz CT molecular complexity index is 599. The van der Waals surface area contributed by atoms with Gasteiger partial charge in [0.1, 0.15) is 0 Å². The van der Waals surface area contributed by atoms with E-state index in [1.54, 1.807) is 6.07 Å². The lowest BCUT2D eigenvalue weighted by atomic mass is 10.3. The number of hydrogen-bond acceptors (Lipinski definition) is 6. The second-order valence-corrected chi connectivity index (χ2v) is 4.53. The Labute approximate surface area is 117 Å². The molecule has 0 unspecified atom stereocenters. The molecule has 0 amide bonds. The molecule has 1 N–H and O–H groups in total. The Balaban J connectivity index is 2.36. The zero-order chi connectivity index (χ0) is 13.8. The van der Waals surface area contributed by atoms with Gasteiger partial charge in [-0.05, 0) is 39.0 Å². The molecular weight excluding hydrogens is 316 g/mol. The number of benzene rings is 1. The molecule has 0 aliphatic carbocycles. The first kappa shape index (κ1) is 13.6. The third-order valence-electron chi connectivity index (χ3n) is 2.44. The quantitative estimate of drug-likeness (QED) is 0.659. The van der Waals surface area contributed by atoms with Gasteiger partial charge in [-0.15, -0.1) is 5.10 Å². The SMILES string of the molecule is CCNCc1nnnn1-c1ccc([N+](=O)[O-])cc1Br. The number of rotatable bonds is 5. The van der Waals surface area contributed by atoms with E-state index < -0.39 is 4.92 Å². The molecule has 0 radical (unpaired) electrons. The van der Waals surface area contributed by atoms with E-state index in [4.69, 9.17) is 0 Å². The zero-order valence-electron chi connectivity index (χ0n) is 10.1. The highest BCUT2D eigenvalue weighted by atomic mass is 79.9. The molecule has 100 valence electrons. The molecule has 19 heavy (non-hydrogen) atoms. The van der Waals surface area contributed by atoms with Crippen molar-refractivity contribution in [2.45, 2.75) is 13.5 Å². The Morgan fingerprint density at radius 3 is 2.95 bits per heavy atom. The number of hydrogen-bond donors (Lipinski definition) is 1. The van der Waals surface area contributed by atoms with E-state index in [-0.39, 0.29) is 5.69 Å². The van der Waals surface area contributed by atoms with Crippen molar-refractivity contribution in [3.63, 3.8) is 0 Å². The van der Waals surface area contributed by atoms with E-state index in [1.807, 2.05) is 6.92 Å². The summed E-state index contributed by atoms with van der Waals surface area (Å²) >= 11 is 3.30. The summed E-state index contributed by atoms with van der Waals surface area (Å²) in [6.45, 7) is 3.30. The number of nitro benzene ring substituents is 1. The summed E-state index contributed by atoms with van der Waals surface area (Å²) in [5.41, 5.74) is 0.667. The molecule has 0 saturated heterocycles. The van der Waals surface area contributed by atoms with Crippen molar-refractivity contribution in [2.24, 2.45) is 0 Å². The summed E-state index contributed by atoms with van der Waals surface area (Å²) in [7, 11) is 0. The maximum absolute atomic E-state index is 10.7. The highest BCUT2D eigenvalue weighted by Gasteiger charge is 2.14. The maximum Gasteiger partial charge on any atom is 0.270 e. The Morgan fingerprint density at radius 2 is 2.32 bits per heavy atom. The largest absolute Gasteiger partial charge is 0.310 e. The Hall–Kier alpha value is -1.87. The third-order valence-corrected chi connectivity index (χ3v) is 3.07. The van der Waals surface area contributed by atoms with Gasteiger partial charge in [-0.25, -0.2) is 0 Å². The van der Waals surface area contributed by atoms with Gasteiger partial charge in [-0.1, -0.05) is 6.92 Å². The summed E-state index contributed by atoms with van der Waals surface area (Å²) in [4.78, 5) is 10.2. The Morgan fingerprint density at radius 1 is 1.53 bits per heavy atom. The highest BCUT2D eigenvalue weighted by molar-refractivity contribution is 9.10. The Kier molecular flexibility index (Phi) is 4.17. The van der Waals surface area contributed by atoms with Crippen LogP contribution < -0.4 is 5.32 Å². The van der Waals surface area contributed by atoms with Crippen LogP contribution in [0.4, 0.5) is 5.69 Å². The molecule has 0 spiro atoms. The van der Waals surface area contributed by atoms with Gasteiger partial charge in [0.25, 0.3) is 5.69 Å². The number of halogens is 1. The van der Waals surface area contributed by atoms with Crippen LogP contribution in [0.15, 0.2) is 22.7 Å². The first-order valence-corrected chi connectivity index (χ1v) is 6.35. The molecule has 0 atom stereocenters. The van der Waals surface area contributed by atoms with Crippen molar-refractivity contribution in [1.82, 2.24) is 25.5 Å². The van der Waals surface area contributed by atoms with Gasteiger partial charge in [0.05, 0.1) is 21.6 Å². The molecule has 1 aromatic heterocycles. The van der Waals surface area contributed by atoms with Crippen LogP contribution in [0.2, 0.25) is 0 Å². The van der Waals surface area contributed by atoms with Crippen LogP contribution >= 0.6 is 15.9 Å². The maximum atomic E-state index is 10.7. The summed E-state index contributed by atoms with van der Waals surface area (Å²) in [5, 5.41) is 25.2. The van der Waals surface area contributed by atoms with Crippen molar-refractivity contribution in [3.05, 3.63) is 38.6 Å². The van der Waals surface area contributed by atoms with Crippen molar-refractivity contribution in [3.8, 4) is 5.69 Å². The van der Waals surface area contributed by atoms with Crippen molar-refractivity contribution in [1.29, 1.82) is 0 Å². The molecule has 0 bridgehead atoms. The first-order valence-electron chi connectivity index (χ1n) is 5.55. The van der Waals surface area contributed by atoms with Crippen molar-refractivity contribution < 1.29 is 4.92 Å². The van der Waals surface area contributed by atoms with Gasteiger partial charge >= 0.3 is 0 Å². The molecule has 8 nitrogen and oxygen atoms in total. The van der Waals surface area contributed by atoms with Gasteiger partial charge in [0, 0.05) is 12.1 Å². The van der Waals surface area contributed by atoms with E-state index >= 15 is 0 Å². The number of non-ortho nitro benzene ring substituents is 1. The minimum Gasteiger partial charge on any atom is -0.310 e. The average molecular weight is 327 g/mol. The summed E-state index contributed by atoms with van der Waals surface area (Å²) < 4.78 is 2.10. The predicted molar refractivity (Wildman–Crippen MR) is 70.9 cm³/mol. The van der Waals surface area contributed by atoms with Gasteiger partial charge < -0.3 is 5.32 Å². The average Bonchev–Trinajstić information content (AvgIpc) is 2.84. The fourth-order valence-electron chi connectivity index (χ4n) is 1.52. The lowest BCUT2D eigenvalue weighted by molar-refractivity contribution is -0.384. The number of nitrogens with zero attached hydrogens (tertiary/aromatic N) is 5. The second kappa shape index (κ2) is 5.85. The van der Waals surface area contributed by atoms with Crippen LogP contribution in [0.1, 0.15) is 12.7 Å². The van der Waals surface area contributed by atoms with E-state index in [2.05, 4.69) is 36.8 Å². The van der Waals surface area contributed by atoms with E-state index in [0.29, 0.717) is 22.5 Å². The molecule has 0 fully saturated rings. The number of tetrazole rings is 1. The second-order valence-electron chi connectivity index (χ2n) is 3.68.